The Morgan fingerprint density at radius 1 is 1.28 bits per heavy atom. The van der Waals surface area contributed by atoms with Crippen LogP contribution in [0, 0.1) is 5.92 Å². The summed E-state index contributed by atoms with van der Waals surface area (Å²) in [6.45, 7) is 9.61. The van der Waals surface area contributed by atoms with Crippen LogP contribution in [0.25, 0.3) is 0 Å². The van der Waals surface area contributed by atoms with Crippen molar-refractivity contribution < 1.29 is 13.2 Å². The van der Waals surface area contributed by atoms with Gasteiger partial charge in [0.2, 0.25) is 0 Å². The van der Waals surface area contributed by atoms with Gasteiger partial charge in [-0.25, -0.2) is 8.42 Å². The van der Waals surface area contributed by atoms with Crippen LogP contribution in [0.1, 0.15) is 40.5 Å². The maximum absolute atomic E-state index is 12.2. The van der Waals surface area contributed by atoms with Crippen LogP contribution in [0.4, 0.5) is 0 Å². The van der Waals surface area contributed by atoms with Crippen molar-refractivity contribution in [1.29, 1.82) is 0 Å². The van der Waals surface area contributed by atoms with Crippen LogP contribution in [0.15, 0.2) is 0 Å². The van der Waals surface area contributed by atoms with Gasteiger partial charge in [-0.05, 0) is 32.6 Å². The van der Waals surface area contributed by atoms with Crippen LogP contribution in [-0.4, -0.2) is 44.7 Å². The number of hydrogen-bond donors (Lipinski definition) is 1. The molecule has 1 fully saturated rings. The molecule has 3 unspecified atom stereocenters. The van der Waals surface area contributed by atoms with E-state index in [1.54, 1.807) is 13.8 Å². The molecule has 0 spiro atoms. The summed E-state index contributed by atoms with van der Waals surface area (Å²) in [6, 6.07) is 0. The van der Waals surface area contributed by atoms with E-state index in [0.717, 1.165) is 26.0 Å². The van der Waals surface area contributed by atoms with Gasteiger partial charge in [-0.2, -0.15) is 0 Å². The van der Waals surface area contributed by atoms with Gasteiger partial charge >= 0.3 is 0 Å². The number of rotatable bonds is 7. The smallest absolute Gasteiger partial charge is 0.156 e. The standard InChI is InChI=1S/C13H27NO3S/c1-10(2)12(4)18(15,16)11(3)8-14-9-13-6-5-7-17-13/h10-14H,5-9H2,1-4H3. The molecule has 1 rings (SSSR count). The van der Waals surface area contributed by atoms with Crippen molar-refractivity contribution in [2.75, 3.05) is 19.7 Å². The highest BCUT2D eigenvalue weighted by molar-refractivity contribution is 7.92. The van der Waals surface area contributed by atoms with Crippen molar-refractivity contribution in [2.45, 2.75) is 57.1 Å². The predicted molar refractivity (Wildman–Crippen MR) is 74.5 cm³/mol. The maximum atomic E-state index is 12.2. The summed E-state index contributed by atoms with van der Waals surface area (Å²) in [4.78, 5) is 0. The fourth-order valence-corrected chi connectivity index (χ4v) is 3.96. The molecule has 0 aliphatic carbocycles. The average Bonchev–Trinajstić information content (AvgIpc) is 2.80. The average molecular weight is 277 g/mol. The Labute approximate surface area is 111 Å². The Morgan fingerprint density at radius 2 is 1.94 bits per heavy atom. The van der Waals surface area contributed by atoms with Gasteiger partial charge < -0.3 is 10.1 Å². The van der Waals surface area contributed by atoms with Gasteiger partial charge in [-0.3, -0.25) is 0 Å². The molecule has 3 atom stereocenters. The molecule has 0 radical (unpaired) electrons. The monoisotopic (exact) mass is 277 g/mol. The highest BCUT2D eigenvalue weighted by atomic mass is 32.2. The summed E-state index contributed by atoms with van der Waals surface area (Å²) in [7, 11) is -3.04. The lowest BCUT2D eigenvalue weighted by atomic mass is 10.2. The molecule has 5 heteroatoms. The maximum Gasteiger partial charge on any atom is 0.156 e. The molecule has 0 bridgehead atoms. The molecule has 1 aliphatic heterocycles. The van der Waals surface area contributed by atoms with E-state index < -0.39 is 9.84 Å². The third-order valence-electron chi connectivity index (χ3n) is 3.85. The summed E-state index contributed by atoms with van der Waals surface area (Å²) >= 11 is 0. The molecule has 4 nitrogen and oxygen atoms in total. The first-order chi connectivity index (χ1) is 8.35. The van der Waals surface area contributed by atoms with Crippen molar-refractivity contribution >= 4 is 9.84 Å². The minimum Gasteiger partial charge on any atom is -0.377 e. The molecular weight excluding hydrogens is 250 g/mol. The minimum absolute atomic E-state index is 0.163. The van der Waals surface area contributed by atoms with Crippen LogP contribution in [-0.2, 0) is 14.6 Å². The van der Waals surface area contributed by atoms with Gasteiger partial charge in [0.1, 0.15) is 0 Å². The molecule has 0 aromatic rings. The molecular formula is C13H27NO3S. The highest BCUT2D eigenvalue weighted by Gasteiger charge is 2.29. The second-order valence-electron chi connectivity index (χ2n) is 5.64. The van der Waals surface area contributed by atoms with Crippen molar-refractivity contribution in [3.63, 3.8) is 0 Å². The quantitative estimate of drug-likeness (QED) is 0.768. The van der Waals surface area contributed by atoms with Crippen molar-refractivity contribution in [2.24, 2.45) is 5.92 Å². The first-order valence-electron chi connectivity index (χ1n) is 6.90. The van der Waals surface area contributed by atoms with Gasteiger partial charge in [0.05, 0.1) is 16.6 Å². The van der Waals surface area contributed by atoms with Gasteiger partial charge in [0.25, 0.3) is 0 Å². The summed E-state index contributed by atoms with van der Waals surface area (Å²) in [5.41, 5.74) is 0. The van der Waals surface area contributed by atoms with Gasteiger partial charge in [-0.15, -0.1) is 0 Å². The lowest BCUT2D eigenvalue weighted by molar-refractivity contribution is 0.110. The topological polar surface area (TPSA) is 55.4 Å². The molecule has 1 heterocycles. The van der Waals surface area contributed by atoms with Crippen LogP contribution in [0.3, 0.4) is 0 Å². The Hall–Kier alpha value is -0.130. The molecule has 1 aliphatic rings. The van der Waals surface area contributed by atoms with E-state index >= 15 is 0 Å². The lowest BCUT2D eigenvalue weighted by Gasteiger charge is -2.22. The van der Waals surface area contributed by atoms with E-state index in [-0.39, 0.29) is 22.5 Å². The molecule has 108 valence electrons. The zero-order valence-electron chi connectivity index (χ0n) is 12.0. The van der Waals surface area contributed by atoms with E-state index in [9.17, 15) is 8.42 Å². The van der Waals surface area contributed by atoms with Gasteiger partial charge in [0, 0.05) is 19.7 Å². The number of nitrogens with one attached hydrogen (secondary N) is 1. The van der Waals surface area contributed by atoms with E-state index in [0.29, 0.717) is 6.54 Å². The molecule has 1 saturated heterocycles. The van der Waals surface area contributed by atoms with E-state index in [1.807, 2.05) is 13.8 Å². The van der Waals surface area contributed by atoms with Crippen molar-refractivity contribution in [1.82, 2.24) is 5.32 Å². The molecule has 0 aromatic carbocycles. The van der Waals surface area contributed by atoms with Gasteiger partial charge in [-0.1, -0.05) is 13.8 Å². The SMILES string of the molecule is CC(C)C(C)S(=O)(=O)C(C)CNCC1CCCO1. The molecule has 0 saturated carbocycles. The Balaban J connectivity index is 2.36. The molecule has 0 aromatic heterocycles. The Morgan fingerprint density at radius 3 is 2.44 bits per heavy atom. The number of ether oxygens (including phenoxy) is 1. The summed E-state index contributed by atoms with van der Waals surface area (Å²) in [6.07, 6.45) is 2.46. The van der Waals surface area contributed by atoms with Crippen LogP contribution < -0.4 is 5.32 Å². The third-order valence-corrected chi connectivity index (χ3v) is 6.71. The number of sulfone groups is 1. The van der Waals surface area contributed by atoms with E-state index in [4.69, 9.17) is 4.74 Å². The van der Waals surface area contributed by atoms with E-state index in [1.165, 1.54) is 0 Å². The van der Waals surface area contributed by atoms with E-state index in [2.05, 4.69) is 5.32 Å². The second-order valence-corrected chi connectivity index (χ2v) is 8.37. The van der Waals surface area contributed by atoms with Crippen LogP contribution >= 0.6 is 0 Å². The molecule has 0 amide bonds. The summed E-state index contributed by atoms with van der Waals surface area (Å²) < 4.78 is 29.9. The first-order valence-corrected chi connectivity index (χ1v) is 8.51. The fraction of sp³-hybridized carbons (Fsp3) is 1.00. The summed E-state index contributed by atoms with van der Waals surface area (Å²) in [5.74, 6) is 0.163. The third kappa shape index (κ3) is 4.21. The normalized spacial score (nSPS) is 24.4. The van der Waals surface area contributed by atoms with Gasteiger partial charge in [0.15, 0.2) is 9.84 Å². The Bertz CT molecular complexity index is 334. The zero-order valence-corrected chi connectivity index (χ0v) is 12.8. The zero-order chi connectivity index (χ0) is 13.8. The van der Waals surface area contributed by atoms with Crippen molar-refractivity contribution in [3.05, 3.63) is 0 Å². The van der Waals surface area contributed by atoms with Crippen LogP contribution in [0.2, 0.25) is 0 Å². The highest BCUT2D eigenvalue weighted by Crippen LogP contribution is 2.17. The lowest BCUT2D eigenvalue weighted by Crippen LogP contribution is -2.40. The Kier molecular flexibility index (Phi) is 6.08. The fourth-order valence-electron chi connectivity index (χ4n) is 2.11. The summed E-state index contributed by atoms with van der Waals surface area (Å²) in [5, 5.41) is 2.61. The predicted octanol–water partition coefficient (Wildman–Crippen LogP) is 1.60. The first kappa shape index (κ1) is 15.9. The second kappa shape index (κ2) is 6.87. The molecule has 1 N–H and O–H groups in total. The van der Waals surface area contributed by atoms with Crippen LogP contribution in [0.5, 0.6) is 0 Å². The molecule has 18 heavy (non-hydrogen) atoms. The van der Waals surface area contributed by atoms with Crippen molar-refractivity contribution in [3.8, 4) is 0 Å². The largest absolute Gasteiger partial charge is 0.377 e. The number of hydrogen-bond acceptors (Lipinski definition) is 4. The minimum atomic E-state index is -3.04.